The van der Waals surface area contributed by atoms with Gasteiger partial charge in [-0.05, 0) is 80.5 Å². The van der Waals surface area contributed by atoms with Crippen molar-refractivity contribution < 1.29 is 4.74 Å². The van der Waals surface area contributed by atoms with Gasteiger partial charge >= 0.3 is 0 Å². The van der Waals surface area contributed by atoms with Crippen molar-refractivity contribution in [2.45, 2.75) is 38.9 Å². The number of nitrogens with one attached hydrogen (secondary N) is 1. The molecule has 0 unspecified atom stereocenters. The van der Waals surface area contributed by atoms with Crippen LogP contribution in [0, 0.1) is 13.8 Å². The lowest BCUT2D eigenvalue weighted by atomic mass is 9.96. The zero-order valence-corrected chi connectivity index (χ0v) is 23.2. The first-order valence-electron chi connectivity index (χ1n) is 13.2. The van der Waals surface area contributed by atoms with Gasteiger partial charge in [0.2, 0.25) is 0 Å². The van der Waals surface area contributed by atoms with E-state index in [2.05, 4.69) is 88.9 Å². The van der Waals surface area contributed by atoms with E-state index < -0.39 is 0 Å². The lowest BCUT2D eigenvalue weighted by Crippen LogP contribution is -2.37. The highest BCUT2D eigenvalue weighted by Crippen LogP contribution is 2.43. The molecule has 0 bridgehead atoms. The van der Waals surface area contributed by atoms with Crippen molar-refractivity contribution >= 4 is 28.7 Å². The van der Waals surface area contributed by atoms with Crippen LogP contribution in [-0.2, 0) is 11.3 Å². The van der Waals surface area contributed by atoms with Crippen LogP contribution in [0.3, 0.4) is 0 Å². The Morgan fingerprint density at radius 2 is 1.81 bits per heavy atom. The predicted molar refractivity (Wildman–Crippen MR) is 154 cm³/mol. The number of benzene rings is 1. The normalized spacial score (nSPS) is 20.3. The SMILES string of the molecule is Cc1cc([C@@H]2[C@H](c3ccccn3)NC(=S)N2c2ccc(N(C)C)cc2)c(C)n1CCCN1CCOCC1. The molecule has 2 aromatic heterocycles. The summed E-state index contributed by atoms with van der Waals surface area (Å²) in [6.45, 7) is 10.3. The molecular weight excluding hydrogens is 480 g/mol. The second-order valence-electron chi connectivity index (χ2n) is 10.2. The maximum atomic E-state index is 5.94. The maximum absolute atomic E-state index is 5.94. The van der Waals surface area contributed by atoms with E-state index in [1.807, 2.05) is 18.3 Å². The summed E-state index contributed by atoms with van der Waals surface area (Å²) in [6, 6.07) is 17.1. The van der Waals surface area contributed by atoms with Gasteiger partial charge in [-0.25, -0.2) is 0 Å². The minimum atomic E-state index is -0.0375. The largest absolute Gasteiger partial charge is 0.379 e. The van der Waals surface area contributed by atoms with E-state index in [1.54, 1.807) is 0 Å². The fourth-order valence-corrected chi connectivity index (χ4v) is 5.95. The molecular formula is C29H38N6OS. The lowest BCUT2D eigenvalue weighted by molar-refractivity contribution is 0.0369. The smallest absolute Gasteiger partial charge is 0.174 e. The van der Waals surface area contributed by atoms with Crippen LogP contribution in [0.25, 0.3) is 0 Å². The van der Waals surface area contributed by atoms with Crippen LogP contribution in [0.15, 0.2) is 54.7 Å². The Labute approximate surface area is 226 Å². The Kier molecular flexibility index (Phi) is 7.79. The molecule has 37 heavy (non-hydrogen) atoms. The molecule has 5 rings (SSSR count). The van der Waals surface area contributed by atoms with Crippen molar-refractivity contribution in [3.8, 4) is 0 Å². The molecule has 0 saturated carbocycles. The number of aryl methyl sites for hydroxylation is 1. The van der Waals surface area contributed by atoms with Crippen molar-refractivity contribution in [3.63, 3.8) is 0 Å². The average molecular weight is 519 g/mol. The Balaban J connectivity index is 1.46. The standard InChI is InChI=1S/C29H38N6OS/c1-21-20-25(22(2)34(21)15-7-14-33-16-18-36-19-17-33)28-27(26-8-5-6-13-30-26)31-29(37)35(28)24-11-9-23(10-12-24)32(3)4/h5-6,8-13,20,27-28H,7,14-19H2,1-4H3,(H,31,37)/t27-,28+/m0/s1. The summed E-state index contributed by atoms with van der Waals surface area (Å²) >= 11 is 5.94. The quantitative estimate of drug-likeness (QED) is 0.442. The second-order valence-corrected chi connectivity index (χ2v) is 10.6. The molecule has 1 aromatic carbocycles. The number of nitrogens with zero attached hydrogens (tertiary/aromatic N) is 5. The first kappa shape index (κ1) is 25.7. The summed E-state index contributed by atoms with van der Waals surface area (Å²) in [6.07, 6.45) is 2.98. The molecule has 7 nitrogen and oxygen atoms in total. The highest BCUT2D eigenvalue weighted by Gasteiger charge is 2.42. The molecule has 2 atom stereocenters. The zero-order valence-electron chi connectivity index (χ0n) is 22.4. The first-order valence-corrected chi connectivity index (χ1v) is 13.6. The summed E-state index contributed by atoms with van der Waals surface area (Å²) in [5, 5.41) is 4.34. The van der Waals surface area contributed by atoms with Crippen LogP contribution in [0.1, 0.15) is 41.1 Å². The second kappa shape index (κ2) is 11.2. The van der Waals surface area contributed by atoms with Crippen LogP contribution >= 0.6 is 12.2 Å². The Bertz CT molecular complexity index is 1200. The van der Waals surface area contributed by atoms with Crippen LogP contribution in [0.2, 0.25) is 0 Å². The summed E-state index contributed by atoms with van der Waals surface area (Å²) < 4.78 is 7.98. The van der Waals surface area contributed by atoms with Gasteiger partial charge in [-0.15, -0.1) is 0 Å². The zero-order chi connectivity index (χ0) is 25.9. The van der Waals surface area contributed by atoms with Crippen molar-refractivity contribution in [1.29, 1.82) is 0 Å². The van der Waals surface area contributed by atoms with Crippen molar-refractivity contribution in [2.75, 3.05) is 56.7 Å². The lowest BCUT2D eigenvalue weighted by Gasteiger charge is -2.29. The summed E-state index contributed by atoms with van der Waals surface area (Å²) in [5.74, 6) is 0. The van der Waals surface area contributed by atoms with E-state index in [1.165, 1.54) is 17.0 Å². The van der Waals surface area contributed by atoms with Gasteiger partial charge in [-0.1, -0.05) is 6.07 Å². The Morgan fingerprint density at radius 1 is 1.05 bits per heavy atom. The van der Waals surface area contributed by atoms with E-state index in [4.69, 9.17) is 21.9 Å². The van der Waals surface area contributed by atoms with Crippen molar-refractivity contribution in [2.24, 2.45) is 0 Å². The molecule has 0 amide bonds. The maximum Gasteiger partial charge on any atom is 0.174 e. The molecule has 0 aliphatic carbocycles. The van der Waals surface area contributed by atoms with E-state index in [9.17, 15) is 0 Å². The molecule has 3 aromatic rings. The molecule has 0 spiro atoms. The molecule has 1 N–H and O–H groups in total. The van der Waals surface area contributed by atoms with E-state index in [-0.39, 0.29) is 12.1 Å². The predicted octanol–water partition coefficient (Wildman–Crippen LogP) is 4.47. The van der Waals surface area contributed by atoms with Gasteiger partial charge < -0.3 is 24.4 Å². The van der Waals surface area contributed by atoms with Gasteiger partial charge in [0.1, 0.15) is 0 Å². The Hall–Kier alpha value is -2.94. The average Bonchev–Trinajstić information content (AvgIpc) is 3.40. The fourth-order valence-electron chi connectivity index (χ4n) is 5.61. The number of pyridine rings is 1. The van der Waals surface area contributed by atoms with Crippen molar-refractivity contribution in [1.82, 2.24) is 19.8 Å². The summed E-state index contributed by atoms with van der Waals surface area (Å²) in [7, 11) is 4.12. The number of thiocarbonyl (C=S) groups is 1. The van der Waals surface area contributed by atoms with E-state index >= 15 is 0 Å². The van der Waals surface area contributed by atoms with Gasteiger partial charge in [0.15, 0.2) is 5.11 Å². The number of hydrogen-bond donors (Lipinski definition) is 1. The van der Waals surface area contributed by atoms with Crippen molar-refractivity contribution in [3.05, 3.63) is 77.4 Å². The van der Waals surface area contributed by atoms with Crippen LogP contribution in [-0.4, -0.2) is 66.5 Å². The molecule has 2 aliphatic rings. The third-order valence-corrected chi connectivity index (χ3v) is 7.95. The van der Waals surface area contributed by atoms with Crippen LogP contribution < -0.4 is 15.1 Å². The summed E-state index contributed by atoms with van der Waals surface area (Å²) in [5.41, 5.74) is 7.13. The number of hydrogen-bond acceptors (Lipinski definition) is 5. The first-order chi connectivity index (χ1) is 17.9. The molecule has 0 radical (unpaired) electrons. The highest BCUT2D eigenvalue weighted by molar-refractivity contribution is 7.80. The molecule has 196 valence electrons. The van der Waals surface area contributed by atoms with E-state index in [0.717, 1.165) is 68.0 Å². The van der Waals surface area contributed by atoms with Gasteiger partial charge in [0, 0.05) is 69.2 Å². The van der Waals surface area contributed by atoms with Crippen LogP contribution in [0.4, 0.5) is 11.4 Å². The molecule has 8 heteroatoms. The van der Waals surface area contributed by atoms with Gasteiger partial charge in [-0.3, -0.25) is 9.88 Å². The number of aromatic nitrogens is 2. The minimum Gasteiger partial charge on any atom is -0.379 e. The molecule has 2 fully saturated rings. The molecule has 2 aliphatic heterocycles. The number of ether oxygens (including phenoxy) is 1. The van der Waals surface area contributed by atoms with Crippen LogP contribution in [0.5, 0.6) is 0 Å². The van der Waals surface area contributed by atoms with E-state index in [0.29, 0.717) is 0 Å². The van der Waals surface area contributed by atoms with Gasteiger partial charge in [-0.2, -0.15) is 0 Å². The minimum absolute atomic E-state index is 0.00630. The van der Waals surface area contributed by atoms with Gasteiger partial charge in [0.25, 0.3) is 0 Å². The number of anilines is 2. The molecule has 4 heterocycles. The molecule has 2 saturated heterocycles. The third kappa shape index (κ3) is 5.37. The third-order valence-electron chi connectivity index (χ3n) is 7.63. The number of rotatable bonds is 8. The number of morpholine rings is 1. The fraction of sp³-hybridized carbons (Fsp3) is 0.448. The monoisotopic (exact) mass is 518 g/mol. The summed E-state index contributed by atoms with van der Waals surface area (Å²) in [4.78, 5) is 11.6. The topological polar surface area (TPSA) is 48.8 Å². The Morgan fingerprint density at radius 3 is 2.49 bits per heavy atom. The van der Waals surface area contributed by atoms with Gasteiger partial charge in [0.05, 0.1) is 31.0 Å². The highest BCUT2D eigenvalue weighted by atomic mass is 32.1.